The molecular formula is C16H22N2O2. The number of carbonyl (C=O) groups is 1. The van der Waals surface area contributed by atoms with Crippen molar-refractivity contribution in [3.8, 4) is 0 Å². The van der Waals surface area contributed by atoms with E-state index in [0.29, 0.717) is 18.2 Å². The van der Waals surface area contributed by atoms with Crippen LogP contribution in [0, 0.1) is 6.92 Å². The number of rotatable bonds is 5. The molecule has 0 radical (unpaired) electrons. The zero-order valence-electron chi connectivity index (χ0n) is 12.3. The van der Waals surface area contributed by atoms with Crippen LogP contribution in [0.15, 0.2) is 18.2 Å². The van der Waals surface area contributed by atoms with Gasteiger partial charge in [-0.3, -0.25) is 0 Å². The first-order valence-corrected chi connectivity index (χ1v) is 7.04. The number of nitrogens with two attached hydrogens (primary N) is 1. The summed E-state index contributed by atoms with van der Waals surface area (Å²) in [5, 5.41) is 10.3. The summed E-state index contributed by atoms with van der Waals surface area (Å²) in [6.45, 7) is 6.92. The van der Waals surface area contributed by atoms with E-state index in [1.807, 2.05) is 12.1 Å². The van der Waals surface area contributed by atoms with Crippen LogP contribution in [0.5, 0.6) is 0 Å². The fourth-order valence-corrected chi connectivity index (χ4v) is 2.99. The smallest absolute Gasteiger partial charge is 0.336 e. The van der Waals surface area contributed by atoms with Crippen LogP contribution in [0.4, 0.5) is 0 Å². The fraction of sp³-hybridized carbons (Fsp3) is 0.438. The van der Waals surface area contributed by atoms with Crippen molar-refractivity contribution in [1.29, 1.82) is 0 Å². The summed E-state index contributed by atoms with van der Waals surface area (Å²) < 4.78 is 2.22. The van der Waals surface area contributed by atoms with Crippen molar-refractivity contribution in [3.63, 3.8) is 0 Å². The molecule has 20 heavy (non-hydrogen) atoms. The van der Waals surface area contributed by atoms with Gasteiger partial charge >= 0.3 is 5.97 Å². The molecule has 0 fully saturated rings. The normalized spacial score (nSPS) is 11.4. The number of benzene rings is 1. The third kappa shape index (κ3) is 2.31. The predicted octanol–water partition coefficient (Wildman–Crippen LogP) is 3.12. The molecule has 0 aliphatic heterocycles. The molecular weight excluding hydrogens is 252 g/mol. The average Bonchev–Trinajstić information content (AvgIpc) is 2.67. The van der Waals surface area contributed by atoms with E-state index in [-0.39, 0.29) is 0 Å². The number of carboxylic acid groups (broad SMARTS) is 1. The van der Waals surface area contributed by atoms with Gasteiger partial charge in [0.05, 0.1) is 5.56 Å². The van der Waals surface area contributed by atoms with E-state index in [2.05, 4.69) is 25.3 Å². The van der Waals surface area contributed by atoms with Crippen LogP contribution in [0.25, 0.3) is 10.9 Å². The monoisotopic (exact) mass is 274 g/mol. The van der Waals surface area contributed by atoms with E-state index in [9.17, 15) is 9.90 Å². The van der Waals surface area contributed by atoms with Crippen LogP contribution < -0.4 is 5.73 Å². The second kappa shape index (κ2) is 5.67. The zero-order valence-corrected chi connectivity index (χ0v) is 12.3. The molecule has 2 aromatic rings. The summed E-state index contributed by atoms with van der Waals surface area (Å²) in [5.41, 5.74) is 9.27. The van der Waals surface area contributed by atoms with Gasteiger partial charge in [-0.15, -0.1) is 0 Å². The Morgan fingerprint density at radius 1 is 1.40 bits per heavy atom. The fourth-order valence-electron chi connectivity index (χ4n) is 2.99. The third-order valence-electron chi connectivity index (χ3n) is 3.78. The molecule has 1 aromatic heterocycles. The first-order valence-electron chi connectivity index (χ1n) is 7.04. The van der Waals surface area contributed by atoms with Crippen molar-refractivity contribution in [3.05, 3.63) is 35.0 Å². The maximum atomic E-state index is 11.5. The molecule has 0 saturated carbocycles. The number of aryl methyl sites for hydroxylation is 1. The topological polar surface area (TPSA) is 68.2 Å². The van der Waals surface area contributed by atoms with Gasteiger partial charge in [0.15, 0.2) is 0 Å². The number of carboxylic acids is 1. The minimum absolute atomic E-state index is 0.299. The largest absolute Gasteiger partial charge is 0.478 e. The van der Waals surface area contributed by atoms with Crippen molar-refractivity contribution in [1.82, 2.24) is 4.57 Å². The van der Waals surface area contributed by atoms with Crippen molar-refractivity contribution >= 4 is 16.9 Å². The van der Waals surface area contributed by atoms with E-state index in [0.717, 1.165) is 35.0 Å². The molecule has 4 nitrogen and oxygen atoms in total. The van der Waals surface area contributed by atoms with Gasteiger partial charge in [-0.25, -0.2) is 4.79 Å². The molecule has 1 heterocycles. The summed E-state index contributed by atoms with van der Waals surface area (Å²) in [4.78, 5) is 11.5. The molecule has 4 heteroatoms. The quantitative estimate of drug-likeness (QED) is 0.880. The lowest BCUT2D eigenvalue weighted by Gasteiger charge is -2.12. The Balaban J connectivity index is 2.80. The Kier molecular flexibility index (Phi) is 4.14. The molecule has 0 unspecified atom stereocenters. The summed E-state index contributed by atoms with van der Waals surface area (Å²) in [5.74, 6) is -0.870. The molecule has 108 valence electrons. The van der Waals surface area contributed by atoms with Gasteiger partial charge in [0.25, 0.3) is 0 Å². The van der Waals surface area contributed by atoms with Gasteiger partial charge in [-0.2, -0.15) is 0 Å². The number of aromatic carboxylic acids is 1. The van der Waals surface area contributed by atoms with Crippen molar-refractivity contribution in [2.75, 3.05) is 6.54 Å². The van der Waals surface area contributed by atoms with Gasteiger partial charge in [-0.1, -0.05) is 6.07 Å². The molecule has 3 N–H and O–H groups in total. The highest BCUT2D eigenvalue weighted by Crippen LogP contribution is 2.32. The van der Waals surface area contributed by atoms with E-state index in [1.165, 1.54) is 0 Å². The van der Waals surface area contributed by atoms with Crippen LogP contribution in [0.2, 0.25) is 0 Å². The lowest BCUT2D eigenvalue weighted by atomic mass is 10.0. The van der Waals surface area contributed by atoms with Crippen molar-refractivity contribution in [2.24, 2.45) is 5.73 Å². The van der Waals surface area contributed by atoms with E-state index < -0.39 is 5.97 Å². The maximum absolute atomic E-state index is 11.5. The zero-order chi connectivity index (χ0) is 14.9. The number of hydrogen-bond acceptors (Lipinski definition) is 2. The molecule has 1 aromatic carbocycles. The molecule has 0 aliphatic carbocycles. The lowest BCUT2D eigenvalue weighted by Crippen LogP contribution is -2.04. The number of aromatic nitrogens is 1. The van der Waals surface area contributed by atoms with Gasteiger partial charge in [0, 0.05) is 22.6 Å². The van der Waals surface area contributed by atoms with E-state index >= 15 is 0 Å². The van der Waals surface area contributed by atoms with Crippen LogP contribution in [-0.2, 0) is 6.42 Å². The number of nitrogens with zero attached hydrogens (tertiary/aromatic N) is 1. The number of fused-ring (bicyclic) bond motifs is 1. The first kappa shape index (κ1) is 14.6. The molecule has 0 saturated heterocycles. The van der Waals surface area contributed by atoms with Crippen LogP contribution in [0.1, 0.15) is 47.9 Å². The Morgan fingerprint density at radius 3 is 2.65 bits per heavy atom. The highest BCUT2D eigenvalue weighted by Gasteiger charge is 2.20. The Hall–Kier alpha value is -1.81. The lowest BCUT2D eigenvalue weighted by molar-refractivity contribution is 0.0699. The number of hydrogen-bond donors (Lipinski definition) is 2. The molecule has 0 aliphatic rings. The summed E-state index contributed by atoms with van der Waals surface area (Å²) >= 11 is 0. The minimum Gasteiger partial charge on any atom is -0.478 e. The Labute approximate surface area is 119 Å². The standard InChI is InChI=1S/C16H22N2O2/c1-10(2)18-11(3)12(7-5-9-17)15-13(16(19)20)6-4-8-14(15)18/h4,6,8,10H,5,7,9,17H2,1-3H3,(H,19,20). The second-order valence-corrected chi connectivity index (χ2v) is 5.42. The molecule has 0 atom stereocenters. The molecule has 2 rings (SSSR count). The van der Waals surface area contributed by atoms with Crippen LogP contribution in [-0.4, -0.2) is 22.2 Å². The van der Waals surface area contributed by atoms with Gasteiger partial charge in [-0.05, 0) is 57.9 Å². The van der Waals surface area contributed by atoms with E-state index in [1.54, 1.807) is 6.07 Å². The van der Waals surface area contributed by atoms with Crippen LogP contribution >= 0.6 is 0 Å². The van der Waals surface area contributed by atoms with Gasteiger partial charge in [0.1, 0.15) is 0 Å². The van der Waals surface area contributed by atoms with Crippen LogP contribution in [0.3, 0.4) is 0 Å². The first-order chi connectivity index (χ1) is 9.49. The summed E-state index contributed by atoms with van der Waals surface area (Å²) in [6, 6.07) is 5.80. The average molecular weight is 274 g/mol. The highest BCUT2D eigenvalue weighted by atomic mass is 16.4. The van der Waals surface area contributed by atoms with Gasteiger partial charge in [0.2, 0.25) is 0 Å². The molecule has 0 amide bonds. The predicted molar refractivity (Wildman–Crippen MR) is 81.4 cm³/mol. The molecule has 0 bridgehead atoms. The minimum atomic E-state index is -0.870. The summed E-state index contributed by atoms with van der Waals surface area (Å²) in [6.07, 6.45) is 1.69. The second-order valence-electron chi connectivity index (χ2n) is 5.42. The van der Waals surface area contributed by atoms with Crippen molar-refractivity contribution < 1.29 is 9.90 Å². The molecule has 0 spiro atoms. The maximum Gasteiger partial charge on any atom is 0.336 e. The van der Waals surface area contributed by atoms with Crippen molar-refractivity contribution in [2.45, 2.75) is 39.7 Å². The SMILES string of the molecule is Cc1c(CCCN)c2c(C(=O)O)cccc2n1C(C)C. The van der Waals surface area contributed by atoms with E-state index in [4.69, 9.17) is 5.73 Å². The Morgan fingerprint density at radius 2 is 2.10 bits per heavy atom. The third-order valence-corrected chi connectivity index (χ3v) is 3.78. The van der Waals surface area contributed by atoms with Gasteiger partial charge < -0.3 is 15.4 Å². The Bertz CT molecular complexity index is 641. The highest BCUT2D eigenvalue weighted by molar-refractivity contribution is 6.05. The summed E-state index contributed by atoms with van der Waals surface area (Å²) in [7, 11) is 0.